The normalized spacial score (nSPS) is 12.3. The Balaban J connectivity index is 3.35. The van der Waals surface area contributed by atoms with Crippen LogP contribution in [0.15, 0.2) is 5.11 Å². The smallest absolute Gasteiger partial charge is 0.0577 e. The number of rotatable bonds is 2. The summed E-state index contributed by atoms with van der Waals surface area (Å²) >= 11 is 0. The van der Waals surface area contributed by atoms with Gasteiger partial charge in [-0.3, -0.25) is 0 Å². The molecule has 4 nitrogen and oxygen atoms in total. The molecule has 0 aliphatic heterocycles. The monoisotopic (exact) mass is 101 g/mol. The van der Waals surface area contributed by atoms with Crippen LogP contribution in [0.1, 0.15) is 6.92 Å². The van der Waals surface area contributed by atoms with Gasteiger partial charge in [0.05, 0.1) is 12.6 Å². The number of nitrogens with zero attached hydrogens (tertiary/aromatic N) is 3. The first-order valence-electron chi connectivity index (χ1n) is 1.96. The van der Waals surface area contributed by atoms with E-state index in [4.69, 9.17) is 10.6 Å². The van der Waals surface area contributed by atoms with E-state index >= 15 is 0 Å². The SMILES string of the molecule is C[C@H](CO)N=[N+]=[N-]. The molecule has 0 heterocycles. The van der Waals surface area contributed by atoms with Gasteiger partial charge in [0.1, 0.15) is 0 Å². The minimum Gasteiger partial charge on any atom is -0.396 e. The summed E-state index contributed by atoms with van der Waals surface area (Å²) in [5.74, 6) is 0. The molecule has 0 unspecified atom stereocenters. The van der Waals surface area contributed by atoms with E-state index < -0.39 is 0 Å². The molecule has 0 radical (unpaired) electrons. The maximum absolute atomic E-state index is 8.20. The molecule has 1 N–H and O–H groups in total. The fraction of sp³-hybridized carbons (Fsp3) is 1.00. The van der Waals surface area contributed by atoms with Crippen molar-refractivity contribution >= 4 is 0 Å². The predicted molar refractivity (Wildman–Crippen MR) is 25.7 cm³/mol. The van der Waals surface area contributed by atoms with Crippen molar-refractivity contribution in [2.24, 2.45) is 5.11 Å². The molecule has 0 fully saturated rings. The molecule has 0 rings (SSSR count). The van der Waals surface area contributed by atoms with Crippen molar-refractivity contribution in [2.75, 3.05) is 6.61 Å². The van der Waals surface area contributed by atoms with Crippen LogP contribution in [-0.4, -0.2) is 17.8 Å². The second kappa shape index (κ2) is 3.46. The maximum atomic E-state index is 8.20. The minimum atomic E-state index is -0.287. The lowest BCUT2D eigenvalue weighted by atomic mass is 10.4. The van der Waals surface area contributed by atoms with Gasteiger partial charge in [-0.05, 0) is 5.53 Å². The van der Waals surface area contributed by atoms with E-state index in [0.29, 0.717) is 0 Å². The zero-order valence-electron chi connectivity index (χ0n) is 4.07. The van der Waals surface area contributed by atoms with Crippen LogP contribution in [0.25, 0.3) is 10.4 Å². The third-order valence-corrected chi connectivity index (χ3v) is 0.513. The molecule has 0 amide bonds. The first kappa shape index (κ1) is 6.27. The van der Waals surface area contributed by atoms with Gasteiger partial charge < -0.3 is 5.11 Å². The maximum Gasteiger partial charge on any atom is 0.0577 e. The Morgan fingerprint density at radius 2 is 2.57 bits per heavy atom. The lowest BCUT2D eigenvalue weighted by molar-refractivity contribution is 0.273. The second-order valence-electron chi connectivity index (χ2n) is 1.24. The fourth-order valence-corrected chi connectivity index (χ4v) is 0.125. The molecule has 4 heteroatoms. The van der Waals surface area contributed by atoms with E-state index in [0.717, 1.165) is 0 Å². The van der Waals surface area contributed by atoms with Gasteiger partial charge in [-0.15, -0.1) is 0 Å². The van der Waals surface area contributed by atoms with Crippen molar-refractivity contribution in [2.45, 2.75) is 13.0 Å². The number of hydrogen-bond acceptors (Lipinski definition) is 2. The first-order chi connectivity index (χ1) is 3.31. The molecule has 7 heavy (non-hydrogen) atoms. The molecule has 0 saturated carbocycles. The molecular formula is C3H7N3O. The summed E-state index contributed by atoms with van der Waals surface area (Å²) in [4.78, 5) is 2.47. The zero-order valence-corrected chi connectivity index (χ0v) is 4.07. The third-order valence-electron chi connectivity index (χ3n) is 0.513. The average Bonchev–Trinajstić information content (AvgIpc) is 1.68. The Hall–Kier alpha value is -0.730. The highest BCUT2D eigenvalue weighted by Crippen LogP contribution is 1.84. The molecule has 0 bridgehead atoms. The molecule has 0 spiro atoms. The Morgan fingerprint density at radius 3 is 2.71 bits per heavy atom. The van der Waals surface area contributed by atoms with Crippen molar-refractivity contribution in [3.05, 3.63) is 10.4 Å². The van der Waals surface area contributed by atoms with Crippen molar-refractivity contribution in [1.82, 2.24) is 0 Å². The Bertz CT molecular complexity index is 86.2. The van der Waals surface area contributed by atoms with Crippen LogP contribution in [0.3, 0.4) is 0 Å². The largest absolute Gasteiger partial charge is 0.396 e. The van der Waals surface area contributed by atoms with Crippen LogP contribution in [0.4, 0.5) is 0 Å². The van der Waals surface area contributed by atoms with Crippen LogP contribution < -0.4 is 0 Å². The van der Waals surface area contributed by atoms with Gasteiger partial charge in [-0.25, -0.2) is 0 Å². The van der Waals surface area contributed by atoms with Crippen LogP contribution in [0.2, 0.25) is 0 Å². The van der Waals surface area contributed by atoms with Crippen molar-refractivity contribution in [3.63, 3.8) is 0 Å². The van der Waals surface area contributed by atoms with E-state index in [9.17, 15) is 0 Å². The molecule has 0 aromatic carbocycles. The standard InChI is InChI=1S/C3H7N3O/c1-3(2-7)5-6-4/h3,7H,2H2,1H3/t3-/m1/s1. The van der Waals surface area contributed by atoms with E-state index in [1.54, 1.807) is 6.92 Å². The Kier molecular flexibility index (Phi) is 3.10. The van der Waals surface area contributed by atoms with Crippen LogP contribution in [0, 0.1) is 0 Å². The van der Waals surface area contributed by atoms with Crippen molar-refractivity contribution in [3.8, 4) is 0 Å². The summed E-state index contributed by atoms with van der Waals surface area (Å²) in [5.41, 5.74) is 7.72. The summed E-state index contributed by atoms with van der Waals surface area (Å²) in [5, 5.41) is 11.4. The predicted octanol–water partition coefficient (Wildman–Crippen LogP) is 0.677. The van der Waals surface area contributed by atoms with Gasteiger partial charge in [0, 0.05) is 4.91 Å². The van der Waals surface area contributed by atoms with E-state index in [1.807, 2.05) is 0 Å². The van der Waals surface area contributed by atoms with Gasteiger partial charge in [-0.1, -0.05) is 12.0 Å². The lowest BCUT2D eigenvalue weighted by Crippen LogP contribution is -2.00. The fourth-order valence-electron chi connectivity index (χ4n) is 0.125. The van der Waals surface area contributed by atoms with Gasteiger partial charge in [0.25, 0.3) is 0 Å². The summed E-state index contributed by atoms with van der Waals surface area (Å²) < 4.78 is 0. The van der Waals surface area contributed by atoms with E-state index in [2.05, 4.69) is 10.0 Å². The topological polar surface area (TPSA) is 69.0 Å². The zero-order chi connectivity index (χ0) is 5.70. The first-order valence-corrected chi connectivity index (χ1v) is 1.96. The van der Waals surface area contributed by atoms with Gasteiger partial charge >= 0.3 is 0 Å². The van der Waals surface area contributed by atoms with Crippen molar-refractivity contribution < 1.29 is 5.11 Å². The molecule has 0 saturated heterocycles. The number of hydrogen-bond donors (Lipinski definition) is 1. The van der Waals surface area contributed by atoms with Gasteiger partial charge in [-0.2, -0.15) is 0 Å². The van der Waals surface area contributed by atoms with Crippen LogP contribution in [0.5, 0.6) is 0 Å². The molecule has 0 aliphatic rings. The van der Waals surface area contributed by atoms with E-state index in [1.165, 1.54) is 0 Å². The molecule has 40 valence electrons. The number of aliphatic hydroxyl groups excluding tert-OH is 1. The number of aliphatic hydroxyl groups is 1. The van der Waals surface area contributed by atoms with Crippen molar-refractivity contribution in [1.29, 1.82) is 0 Å². The Morgan fingerprint density at radius 1 is 2.00 bits per heavy atom. The molecule has 0 aliphatic carbocycles. The Labute approximate surface area is 41.4 Å². The molecule has 0 aromatic rings. The summed E-state index contributed by atoms with van der Waals surface area (Å²) in [7, 11) is 0. The average molecular weight is 101 g/mol. The summed E-state index contributed by atoms with van der Waals surface area (Å²) in [6, 6.07) is -0.287. The minimum absolute atomic E-state index is 0.0793. The molecule has 0 aromatic heterocycles. The number of azide groups is 1. The summed E-state index contributed by atoms with van der Waals surface area (Å²) in [6.07, 6.45) is 0. The lowest BCUT2D eigenvalue weighted by Gasteiger charge is -1.91. The third kappa shape index (κ3) is 3.09. The molecule has 1 atom stereocenters. The van der Waals surface area contributed by atoms with Gasteiger partial charge in [0.15, 0.2) is 0 Å². The quantitative estimate of drug-likeness (QED) is 0.310. The molecular weight excluding hydrogens is 94.1 g/mol. The van der Waals surface area contributed by atoms with Gasteiger partial charge in [0.2, 0.25) is 0 Å². The highest BCUT2D eigenvalue weighted by Gasteiger charge is 1.89. The van der Waals surface area contributed by atoms with Crippen LogP contribution in [-0.2, 0) is 0 Å². The second-order valence-corrected chi connectivity index (χ2v) is 1.24. The van der Waals surface area contributed by atoms with Crippen LogP contribution >= 0.6 is 0 Å². The highest BCUT2D eigenvalue weighted by atomic mass is 16.3. The highest BCUT2D eigenvalue weighted by molar-refractivity contribution is 4.55. The van der Waals surface area contributed by atoms with E-state index in [-0.39, 0.29) is 12.6 Å². The summed E-state index contributed by atoms with van der Waals surface area (Å²) in [6.45, 7) is 1.56.